The summed E-state index contributed by atoms with van der Waals surface area (Å²) in [6, 6.07) is 2.46. The number of thiazole rings is 1. The van der Waals surface area contributed by atoms with Crippen molar-refractivity contribution < 1.29 is 0 Å². The van der Waals surface area contributed by atoms with Crippen LogP contribution in [0, 0.1) is 6.92 Å². The summed E-state index contributed by atoms with van der Waals surface area (Å²) in [4.78, 5) is 5.76. The SMILES string of the molecule is Cc1ccsc1CNC(C)c1ncc(Br)s1. The van der Waals surface area contributed by atoms with Crippen molar-refractivity contribution in [3.8, 4) is 0 Å². The number of nitrogens with one attached hydrogen (secondary N) is 1. The van der Waals surface area contributed by atoms with Crippen LogP contribution in [0.1, 0.15) is 28.4 Å². The molecular formula is C11H13BrN2S2. The van der Waals surface area contributed by atoms with E-state index in [2.05, 4.69) is 51.5 Å². The van der Waals surface area contributed by atoms with Gasteiger partial charge in [0.1, 0.15) is 5.01 Å². The fraction of sp³-hybridized carbons (Fsp3) is 0.364. The zero-order chi connectivity index (χ0) is 11.5. The fourth-order valence-corrected chi connectivity index (χ4v) is 3.51. The summed E-state index contributed by atoms with van der Waals surface area (Å²) in [6.45, 7) is 5.22. The average Bonchev–Trinajstić information content (AvgIpc) is 2.84. The van der Waals surface area contributed by atoms with Gasteiger partial charge in [-0.2, -0.15) is 0 Å². The lowest BCUT2D eigenvalue weighted by Gasteiger charge is -2.10. The van der Waals surface area contributed by atoms with E-state index in [0.717, 1.165) is 15.3 Å². The number of hydrogen-bond donors (Lipinski definition) is 1. The first-order chi connectivity index (χ1) is 7.66. The summed E-state index contributed by atoms with van der Waals surface area (Å²) in [5.41, 5.74) is 1.37. The molecule has 0 radical (unpaired) electrons. The molecule has 0 bridgehead atoms. The summed E-state index contributed by atoms with van der Waals surface area (Å²) in [5.74, 6) is 0. The summed E-state index contributed by atoms with van der Waals surface area (Å²) >= 11 is 6.92. The van der Waals surface area contributed by atoms with Crippen molar-refractivity contribution >= 4 is 38.6 Å². The van der Waals surface area contributed by atoms with Crippen LogP contribution in [0.3, 0.4) is 0 Å². The molecule has 0 aliphatic heterocycles. The maximum Gasteiger partial charge on any atom is 0.110 e. The van der Waals surface area contributed by atoms with E-state index in [1.54, 1.807) is 22.7 Å². The molecule has 5 heteroatoms. The highest BCUT2D eigenvalue weighted by atomic mass is 79.9. The van der Waals surface area contributed by atoms with E-state index in [4.69, 9.17) is 0 Å². The lowest BCUT2D eigenvalue weighted by atomic mass is 10.3. The van der Waals surface area contributed by atoms with Gasteiger partial charge in [0.05, 0.1) is 16.0 Å². The van der Waals surface area contributed by atoms with Crippen LogP contribution >= 0.6 is 38.6 Å². The molecule has 0 aliphatic rings. The van der Waals surface area contributed by atoms with Crippen LogP contribution in [-0.2, 0) is 6.54 Å². The first-order valence-corrected chi connectivity index (χ1v) is 7.53. The lowest BCUT2D eigenvalue weighted by Crippen LogP contribution is -2.17. The van der Waals surface area contributed by atoms with Gasteiger partial charge in [-0.05, 0) is 46.8 Å². The Morgan fingerprint density at radius 1 is 1.56 bits per heavy atom. The van der Waals surface area contributed by atoms with E-state index in [0.29, 0.717) is 6.04 Å². The van der Waals surface area contributed by atoms with Gasteiger partial charge in [-0.1, -0.05) is 0 Å². The van der Waals surface area contributed by atoms with Crippen molar-refractivity contribution in [1.29, 1.82) is 0 Å². The van der Waals surface area contributed by atoms with Gasteiger partial charge >= 0.3 is 0 Å². The number of aryl methyl sites for hydroxylation is 1. The Hall–Kier alpha value is -0.230. The third-order valence-electron chi connectivity index (χ3n) is 2.40. The molecule has 1 unspecified atom stereocenters. The summed E-state index contributed by atoms with van der Waals surface area (Å²) < 4.78 is 1.09. The van der Waals surface area contributed by atoms with E-state index in [-0.39, 0.29) is 0 Å². The molecule has 2 aromatic rings. The molecule has 2 heterocycles. The van der Waals surface area contributed by atoms with Crippen LogP contribution in [0.2, 0.25) is 0 Å². The normalized spacial score (nSPS) is 12.9. The molecule has 0 amide bonds. The number of thiophene rings is 1. The number of nitrogens with zero attached hydrogens (tertiary/aromatic N) is 1. The van der Waals surface area contributed by atoms with Gasteiger partial charge in [0.25, 0.3) is 0 Å². The van der Waals surface area contributed by atoms with Gasteiger partial charge in [0.15, 0.2) is 0 Å². The molecule has 0 spiro atoms. The molecule has 2 aromatic heterocycles. The molecule has 16 heavy (non-hydrogen) atoms. The Bertz CT molecular complexity index is 464. The first-order valence-electron chi connectivity index (χ1n) is 5.04. The number of rotatable bonds is 4. The standard InChI is InChI=1S/C11H13BrN2S2/c1-7-3-4-15-9(7)5-13-8(2)11-14-6-10(12)16-11/h3-4,6,8,13H,5H2,1-2H3. The van der Waals surface area contributed by atoms with Gasteiger partial charge in [-0.15, -0.1) is 22.7 Å². The maximum atomic E-state index is 4.35. The minimum atomic E-state index is 0.304. The summed E-state index contributed by atoms with van der Waals surface area (Å²) in [7, 11) is 0. The van der Waals surface area contributed by atoms with Crippen LogP contribution in [0.25, 0.3) is 0 Å². The second-order valence-electron chi connectivity index (χ2n) is 3.63. The molecule has 1 atom stereocenters. The van der Waals surface area contributed by atoms with E-state index < -0.39 is 0 Å². The fourth-order valence-electron chi connectivity index (χ4n) is 1.39. The van der Waals surface area contributed by atoms with Gasteiger partial charge in [-0.3, -0.25) is 0 Å². The van der Waals surface area contributed by atoms with Crippen LogP contribution in [0.5, 0.6) is 0 Å². The topological polar surface area (TPSA) is 24.9 Å². The zero-order valence-electron chi connectivity index (χ0n) is 9.16. The maximum absolute atomic E-state index is 4.35. The second kappa shape index (κ2) is 5.40. The Kier molecular flexibility index (Phi) is 4.13. The molecule has 0 aromatic carbocycles. The third-order valence-corrected chi connectivity index (χ3v) is 5.08. The number of aromatic nitrogens is 1. The van der Waals surface area contributed by atoms with Gasteiger partial charge < -0.3 is 5.32 Å². The lowest BCUT2D eigenvalue weighted by molar-refractivity contribution is 0.575. The van der Waals surface area contributed by atoms with Gasteiger partial charge in [-0.25, -0.2) is 4.98 Å². The Morgan fingerprint density at radius 3 is 2.94 bits per heavy atom. The Morgan fingerprint density at radius 2 is 2.38 bits per heavy atom. The zero-order valence-corrected chi connectivity index (χ0v) is 12.4. The molecule has 0 saturated heterocycles. The minimum absolute atomic E-state index is 0.304. The minimum Gasteiger partial charge on any atom is -0.303 e. The van der Waals surface area contributed by atoms with Crippen LogP contribution in [-0.4, -0.2) is 4.98 Å². The van der Waals surface area contributed by atoms with Gasteiger partial charge in [0, 0.05) is 11.4 Å². The molecule has 86 valence electrons. The van der Waals surface area contributed by atoms with Crippen molar-refractivity contribution in [1.82, 2.24) is 10.3 Å². The molecule has 0 aliphatic carbocycles. The van der Waals surface area contributed by atoms with Crippen molar-refractivity contribution in [2.45, 2.75) is 26.4 Å². The van der Waals surface area contributed by atoms with Crippen molar-refractivity contribution in [2.75, 3.05) is 0 Å². The highest BCUT2D eigenvalue weighted by Crippen LogP contribution is 2.24. The average molecular weight is 317 g/mol. The second-order valence-corrected chi connectivity index (χ2v) is 7.07. The van der Waals surface area contributed by atoms with E-state index in [9.17, 15) is 0 Å². The molecule has 0 saturated carbocycles. The monoisotopic (exact) mass is 316 g/mol. The Labute approximate surface area is 112 Å². The van der Waals surface area contributed by atoms with Gasteiger partial charge in [0.2, 0.25) is 0 Å². The predicted molar refractivity (Wildman–Crippen MR) is 74.1 cm³/mol. The number of halogens is 1. The van der Waals surface area contributed by atoms with Crippen molar-refractivity contribution in [2.24, 2.45) is 0 Å². The highest BCUT2D eigenvalue weighted by Gasteiger charge is 2.10. The van der Waals surface area contributed by atoms with E-state index in [1.165, 1.54) is 10.4 Å². The Balaban J connectivity index is 1.93. The van der Waals surface area contributed by atoms with Crippen LogP contribution < -0.4 is 5.32 Å². The van der Waals surface area contributed by atoms with Crippen LogP contribution in [0.15, 0.2) is 21.4 Å². The quantitative estimate of drug-likeness (QED) is 0.917. The van der Waals surface area contributed by atoms with Crippen LogP contribution in [0.4, 0.5) is 0 Å². The molecule has 2 nitrogen and oxygen atoms in total. The summed E-state index contributed by atoms with van der Waals surface area (Å²) in [6.07, 6.45) is 1.86. The summed E-state index contributed by atoms with van der Waals surface area (Å²) in [5, 5.41) is 6.75. The molecule has 1 N–H and O–H groups in total. The van der Waals surface area contributed by atoms with Crippen molar-refractivity contribution in [3.05, 3.63) is 36.9 Å². The molecule has 0 fully saturated rings. The first kappa shape index (κ1) is 12.2. The van der Waals surface area contributed by atoms with E-state index >= 15 is 0 Å². The van der Waals surface area contributed by atoms with E-state index in [1.807, 2.05) is 6.20 Å². The predicted octanol–water partition coefficient (Wildman–Crippen LogP) is 4.13. The molecular weight excluding hydrogens is 304 g/mol. The third kappa shape index (κ3) is 2.91. The molecule has 2 rings (SSSR count). The largest absolute Gasteiger partial charge is 0.303 e. The smallest absolute Gasteiger partial charge is 0.110 e. The number of hydrogen-bond acceptors (Lipinski definition) is 4. The van der Waals surface area contributed by atoms with Crippen molar-refractivity contribution in [3.63, 3.8) is 0 Å². The highest BCUT2D eigenvalue weighted by molar-refractivity contribution is 9.11.